The van der Waals surface area contributed by atoms with E-state index in [1.807, 2.05) is 25.1 Å². The number of carboxylic acid groups (broad SMARTS) is 1. The van der Waals surface area contributed by atoms with Gasteiger partial charge >= 0.3 is 5.97 Å². The third-order valence-corrected chi connectivity index (χ3v) is 6.95. The Balaban J connectivity index is 1.57. The van der Waals surface area contributed by atoms with Crippen LogP contribution in [-0.2, 0) is 9.59 Å². The van der Waals surface area contributed by atoms with E-state index in [4.69, 9.17) is 0 Å². The summed E-state index contributed by atoms with van der Waals surface area (Å²) in [4.78, 5) is 41.8. The lowest BCUT2D eigenvalue weighted by atomic mass is 9.81. The highest BCUT2D eigenvalue weighted by Crippen LogP contribution is 2.49. The molecule has 3 aliphatic rings. The van der Waals surface area contributed by atoms with Crippen LogP contribution in [0.4, 0.5) is 0 Å². The molecule has 1 aromatic carbocycles. The van der Waals surface area contributed by atoms with Gasteiger partial charge in [-0.05, 0) is 50.7 Å². The molecule has 0 bridgehead atoms. The maximum Gasteiger partial charge on any atom is 0.311 e. The summed E-state index contributed by atoms with van der Waals surface area (Å²) in [6, 6.07) is 9.04. The van der Waals surface area contributed by atoms with E-state index in [0.29, 0.717) is 31.5 Å². The van der Waals surface area contributed by atoms with Crippen LogP contribution in [0.5, 0.6) is 0 Å². The van der Waals surface area contributed by atoms with Gasteiger partial charge in [-0.1, -0.05) is 24.6 Å². The van der Waals surface area contributed by atoms with Crippen LogP contribution in [0.3, 0.4) is 0 Å². The zero-order valence-corrected chi connectivity index (χ0v) is 15.7. The molecule has 4 rings (SSSR count). The molecule has 1 unspecified atom stereocenters. The fourth-order valence-corrected chi connectivity index (χ4v) is 5.38. The van der Waals surface area contributed by atoms with E-state index in [1.165, 1.54) is 0 Å². The minimum Gasteiger partial charge on any atom is -0.481 e. The lowest BCUT2D eigenvalue weighted by Crippen LogP contribution is -2.56. The fourth-order valence-electron chi connectivity index (χ4n) is 5.38. The molecule has 0 spiro atoms. The van der Waals surface area contributed by atoms with Crippen molar-refractivity contribution in [2.45, 2.75) is 44.6 Å². The van der Waals surface area contributed by atoms with Gasteiger partial charge < -0.3 is 14.9 Å². The smallest absolute Gasteiger partial charge is 0.311 e. The Hall–Kier alpha value is -2.37. The number of aliphatic carboxylic acids is 1. The highest BCUT2D eigenvalue weighted by molar-refractivity contribution is 5.99. The molecule has 1 aliphatic carbocycles. The first-order valence-electron chi connectivity index (χ1n) is 9.78. The lowest BCUT2D eigenvalue weighted by molar-refractivity contribution is -0.150. The second kappa shape index (κ2) is 6.36. The van der Waals surface area contributed by atoms with Crippen LogP contribution in [0.2, 0.25) is 0 Å². The maximum absolute atomic E-state index is 13.5. The molecule has 1 aromatic rings. The average molecular weight is 370 g/mol. The predicted molar refractivity (Wildman–Crippen MR) is 99.1 cm³/mol. The first kappa shape index (κ1) is 18.0. The zero-order valence-electron chi connectivity index (χ0n) is 15.7. The van der Waals surface area contributed by atoms with Gasteiger partial charge in [0.2, 0.25) is 5.91 Å². The largest absolute Gasteiger partial charge is 0.481 e. The van der Waals surface area contributed by atoms with Crippen molar-refractivity contribution in [2.75, 3.05) is 19.6 Å². The van der Waals surface area contributed by atoms with Crippen LogP contribution in [0.1, 0.15) is 49.4 Å². The molecule has 2 saturated heterocycles. The molecular formula is C21H26N2O4. The summed E-state index contributed by atoms with van der Waals surface area (Å²) < 4.78 is 0. The Morgan fingerprint density at radius 3 is 2.52 bits per heavy atom. The van der Waals surface area contributed by atoms with Gasteiger partial charge in [-0.2, -0.15) is 0 Å². The third kappa shape index (κ3) is 2.65. The van der Waals surface area contributed by atoms with Crippen molar-refractivity contribution >= 4 is 17.8 Å². The number of hydrogen-bond acceptors (Lipinski definition) is 3. The summed E-state index contributed by atoms with van der Waals surface area (Å²) >= 11 is 0. The second-order valence-electron chi connectivity index (χ2n) is 8.44. The quantitative estimate of drug-likeness (QED) is 0.886. The molecule has 2 aliphatic heterocycles. The van der Waals surface area contributed by atoms with Crippen LogP contribution in [0.25, 0.3) is 0 Å². The molecule has 2 heterocycles. The van der Waals surface area contributed by atoms with Crippen molar-refractivity contribution in [3.05, 3.63) is 35.9 Å². The van der Waals surface area contributed by atoms with Crippen molar-refractivity contribution < 1.29 is 19.5 Å². The Kier molecular flexibility index (Phi) is 4.24. The minimum atomic E-state index is -0.898. The topological polar surface area (TPSA) is 77.9 Å². The molecule has 1 N–H and O–H groups in total. The predicted octanol–water partition coefficient (Wildman–Crippen LogP) is 2.39. The highest BCUT2D eigenvalue weighted by atomic mass is 16.4. The van der Waals surface area contributed by atoms with Crippen LogP contribution in [-0.4, -0.2) is 57.9 Å². The molecule has 3 fully saturated rings. The first-order chi connectivity index (χ1) is 12.9. The number of amides is 2. The van der Waals surface area contributed by atoms with Crippen LogP contribution in [0, 0.1) is 11.3 Å². The van der Waals surface area contributed by atoms with Gasteiger partial charge in [-0.3, -0.25) is 14.4 Å². The van der Waals surface area contributed by atoms with E-state index < -0.39 is 16.9 Å². The van der Waals surface area contributed by atoms with Crippen LogP contribution in [0.15, 0.2) is 30.3 Å². The zero-order chi connectivity index (χ0) is 19.2. The normalized spacial score (nSPS) is 32.6. The molecular weight excluding hydrogens is 344 g/mol. The third-order valence-electron chi connectivity index (χ3n) is 6.95. The van der Waals surface area contributed by atoms with Gasteiger partial charge in [0.25, 0.3) is 5.91 Å². The molecule has 1 saturated carbocycles. The number of carbonyl (C=O) groups is 3. The number of benzene rings is 1. The molecule has 2 amide bonds. The number of nitrogens with zero attached hydrogens (tertiary/aromatic N) is 2. The van der Waals surface area contributed by atoms with E-state index in [-0.39, 0.29) is 24.3 Å². The van der Waals surface area contributed by atoms with E-state index in [1.54, 1.807) is 21.9 Å². The monoisotopic (exact) mass is 370 g/mol. The van der Waals surface area contributed by atoms with E-state index in [2.05, 4.69) is 0 Å². The second-order valence-corrected chi connectivity index (χ2v) is 8.44. The van der Waals surface area contributed by atoms with Gasteiger partial charge in [0, 0.05) is 25.2 Å². The summed E-state index contributed by atoms with van der Waals surface area (Å²) in [6.07, 6.45) is 3.81. The van der Waals surface area contributed by atoms with Gasteiger partial charge in [0.1, 0.15) is 5.54 Å². The minimum absolute atomic E-state index is 0.0298. The number of carboxylic acids is 1. The molecule has 0 radical (unpaired) electrons. The average Bonchev–Trinajstić information content (AvgIpc) is 3.34. The molecule has 144 valence electrons. The standard InChI is InChI=1S/C21H26N2O4/c1-20(10-6-12-23(20)17(24)15-7-3-2-4-8-15)18(25)22-13-16-9-5-11-21(16,14-22)19(26)27/h2-4,7-8,16H,5-6,9-14H2,1H3,(H,26,27)/t16-,20?,21+/m0/s1. The SMILES string of the molecule is CC1(C(=O)N2C[C@@H]3CCC[C@@]3(C(=O)O)C2)CCCN1C(=O)c1ccccc1. The van der Waals surface area contributed by atoms with Crippen molar-refractivity contribution in [1.29, 1.82) is 0 Å². The van der Waals surface area contributed by atoms with E-state index >= 15 is 0 Å². The Morgan fingerprint density at radius 1 is 1.11 bits per heavy atom. The first-order valence-corrected chi connectivity index (χ1v) is 9.78. The molecule has 0 aromatic heterocycles. The van der Waals surface area contributed by atoms with Gasteiger partial charge in [-0.15, -0.1) is 0 Å². The number of carbonyl (C=O) groups excluding carboxylic acids is 2. The number of hydrogen-bond donors (Lipinski definition) is 1. The van der Waals surface area contributed by atoms with Gasteiger partial charge in [-0.25, -0.2) is 0 Å². The van der Waals surface area contributed by atoms with Gasteiger partial charge in [0.05, 0.1) is 5.41 Å². The summed E-state index contributed by atoms with van der Waals surface area (Å²) in [7, 11) is 0. The van der Waals surface area contributed by atoms with Crippen molar-refractivity contribution in [3.8, 4) is 0 Å². The lowest BCUT2D eigenvalue weighted by Gasteiger charge is -2.37. The fraction of sp³-hybridized carbons (Fsp3) is 0.571. The number of rotatable bonds is 3. The summed E-state index contributed by atoms with van der Waals surface area (Å²) in [5.74, 6) is -0.980. The van der Waals surface area contributed by atoms with Crippen molar-refractivity contribution in [3.63, 3.8) is 0 Å². The van der Waals surface area contributed by atoms with E-state index in [9.17, 15) is 19.5 Å². The Bertz CT molecular complexity index is 780. The highest BCUT2D eigenvalue weighted by Gasteiger charge is 2.58. The number of fused-ring (bicyclic) bond motifs is 1. The molecule has 6 heteroatoms. The van der Waals surface area contributed by atoms with Crippen molar-refractivity contribution in [1.82, 2.24) is 9.80 Å². The molecule has 6 nitrogen and oxygen atoms in total. The summed E-state index contributed by atoms with van der Waals surface area (Å²) in [5.41, 5.74) is -1.11. The maximum atomic E-state index is 13.5. The Morgan fingerprint density at radius 2 is 1.85 bits per heavy atom. The summed E-state index contributed by atoms with van der Waals surface area (Å²) in [6.45, 7) is 3.16. The molecule has 3 atom stereocenters. The van der Waals surface area contributed by atoms with Crippen molar-refractivity contribution in [2.24, 2.45) is 11.3 Å². The summed E-state index contributed by atoms with van der Waals surface area (Å²) in [5, 5.41) is 9.79. The van der Waals surface area contributed by atoms with E-state index in [0.717, 1.165) is 19.3 Å². The Labute approximate surface area is 159 Å². The van der Waals surface area contributed by atoms with Gasteiger partial charge in [0.15, 0.2) is 0 Å². The number of likely N-dealkylation sites (tertiary alicyclic amines) is 2. The molecule has 27 heavy (non-hydrogen) atoms. The van der Waals surface area contributed by atoms with Crippen LogP contribution >= 0.6 is 0 Å². The van der Waals surface area contributed by atoms with Crippen LogP contribution < -0.4 is 0 Å².